The van der Waals surface area contributed by atoms with Gasteiger partial charge in [-0.3, -0.25) is 0 Å². The molecule has 15 rings (SSSR count). The standard InChI is InChI=1S/C20H14F5S.2C18H9F6S.C18H11F4S.C18H13F2S/c21-19(22,20(23,24)25)15-8-7-13-18(14-15)26(16-9-3-1-4-10-16)17-11-5-2-6-12-17;19-10-1-11(20)5-16(4-10)25(17-6-12(21)2-13(22)7-17)18-8-14(23)3-15(24)9-18;19-10-1-4-16(13(22)7-10)25(17-5-2-11(20)8-14(17)23)18-6-3-12(21)9-15(18)24;19-12-6-8-17(15(21)10-12)23(14-4-2-1-3-5-14)18-9-7-13(20)11-16(18)22;19-14-11-12-18(17(20)13-14)21(15-7-3-1-4-8-15)16-9-5-2-6-10-16/h1-14H;2*1-9H;1-11H;1-13H/q5*+1. The minimum Gasteiger partial charge on any atom is -0.207 e. The van der Waals surface area contributed by atoms with Gasteiger partial charge in [0, 0.05) is 139 Å². The molecule has 0 unspecified atom stereocenters. The van der Waals surface area contributed by atoms with E-state index in [-0.39, 0.29) is 39.2 Å². The first-order valence-electron chi connectivity index (χ1n) is 34.9. The molecule has 0 amide bonds. The van der Waals surface area contributed by atoms with E-state index in [1.165, 1.54) is 30.3 Å². The van der Waals surface area contributed by atoms with Gasteiger partial charge in [-0.15, -0.1) is 0 Å². The molecule has 15 aromatic carbocycles. The first kappa shape index (κ1) is 89.2. The predicted octanol–water partition coefficient (Wildman–Crippen LogP) is 28.1. The van der Waals surface area contributed by atoms with Crippen LogP contribution in [0.5, 0.6) is 0 Å². The largest absolute Gasteiger partial charge is 0.458 e. The summed E-state index contributed by atoms with van der Waals surface area (Å²) in [5, 5.41) is 0. The molecule has 0 aliphatic carbocycles. The minimum atomic E-state index is -5.64. The SMILES string of the molecule is FC(F)(F)C(F)(F)c1cccc([S+](c2ccccc2)c2ccccc2)c1.Fc1cc(F)cc([S+](c2cc(F)cc(F)c2)c2cc(F)cc(F)c2)c1.Fc1ccc([S+](c2ccc(F)cc2F)c2ccc(F)cc2F)c(F)c1.Fc1ccc([S+](c2ccccc2)c2ccc(F)cc2F)c(F)c1.Fc1ccc([S+](c2ccccc2)c2ccccc2)c(F)c1. The highest BCUT2D eigenvalue weighted by Gasteiger charge is 2.59. The van der Waals surface area contributed by atoms with Crippen molar-refractivity contribution < 1.29 is 101 Å². The fraction of sp³-hybridized carbons (Fsp3) is 0.0217. The van der Waals surface area contributed by atoms with Gasteiger partial charge in [-0.2, -0.15) is 22.0 Å². The number of benzene rings is 15. The highest BCUT2D eigenvalue weighted by atomic mass is 32.2. The van der Waals surface area contributed by atoms with Gasteiger partial charge in [-0.05, 0) is 103 Å². The summed E-state index contributed by atoms with van der Waals surface area (Å²) in [7, 11) is -5.72. The van der Waals surface area contributed by atoms with Crippen LogP contribution in [0.15, 0.2) is 413 Å². The molecule has 0 heterocycles. The molecule has 0 spiro atoms. The first-order valence-corrected chi connectivity index (χ1v) is 41.0. The summed E-state index contributed by atoms with van der Waals surface area (Å²) in [4.78, 5) is 4.97. The van der Waals surface area contributed by atoms with Gasteiger partial charge in [0.15, 0.2) is 79.0 Å². The van der Waals surface area contributed by atoms with E-state index in [1.54, 1.807) is 36.4 Å². The van der Waals surface area contributed by atoms with E-state index in [9.17, 15) is 101 Å². The average Bonchev–Trinajstić information content (AvgIpc) is 0.736. The molecule has 0 bridgehead atoms. The Morgan fingerprint density at radius 1 is 0.150 bits per heavy atom. The van der Waals surface area contributed by atoms with Crippen molar-refractivity contribution in [3.05, 3.63) is 450 Å². The molecular weight excluding hydrogens is 1700 g/mol. The summed E-state index contributed by atoms with van der Waals surface area (Å²) in [5.41, 5.74) is -1.05. The average molecular weight is 1760 g/mol. The van der Waals surface area contributed by atoms with Gasteiger partial charge in [0.1, 0.15) is 102 Å². The fourth-order valence-corrected chi connectivity index (χ4v) is 22.1. The van der Waals surface area contributed by atoms with E-state index >= 15 is 0 Å². The van der Waals surface area contributed by atoms with Crippen molar-refractivity contribution in [1.82, 2.24) is 0 Å². The van der Waals surface area contributed by atoms with E-state index in [0.29, 0.717) is 51.1 Å². The topological polar surface area (TPSA) is 0 Å². The molecule has 0 N–H and O–H groups in total. The van der Waals surface area contributed by atoms with Crippen molar-refractivity contribution in [1.29, 1.82) is 0 Å². The zero-order valence-corrected chi connectivity index (χ0v) is 65.1. The van der Waals surface area contributed by atoms with Crippen LogP contribution in [-0.4, -0.2) is 6.18 Å². The molecule has 0 nitrogen and oxygen atoms in total. The van der Waals surface area contributed by atoms with Crippen molar-refractivity contribution in [2.45, 2.75) is 85.5 Å². The maximum atomic E-state index is 14.3. The predicted molar refractivity (Wildman–Crippen MR) is 417 cm³/mol. The van der Waals surface area contributed by atoms with Crippen LogP contribution >= 0.6 is 0 Å². The summed E-state index contributed by atoms with van der Waals surface area (Å²) in [5.74, 6) is -20.0. The van der Waals surface area contributed by atoms with Crippen LogP contribution in [0.1, 0.15) is 5.56 Å². The van der Waals surface area contributed by atoms with E-state index in [4.69, 9.17) is 0 Å². The van der Waals surface area contributed by atoms with Crippen molar-refractivity contribution >= 4 is 54.5 Å². The summed E-state index contributed by atoms with van der Waals surface area (Å²) in [6.45, 7) is 0. The van der Waals surface area contributed by atoms with Crippen LogP contribution in [-0.2, 0) is 60.4 Å². The normalized spacial score (nSPS) is 11.3. The summed E-state index contributed by atoms with van der Waals surface area (Å²) < 4.78 is 312. The van der Waals surface area contributed by atoms with Crippen molar-refractivity contribution in [2.24, 2.45) is 0 Å². The van der Waals surface area contributed by atoms with Crippen molar-refractivity contribution in [3.63, 3.8) is 0 Å². The molecular formula is C92H56F23S5+5. The molecule has 0 aromatic heterocycles. The molecule has 0 saturated heterocycles. The second-order valence-corrected chi connectivity index (χ2v) is 34.9. The fourth-order valence-electron chi connectivity index (χ4n) is 11.5. The van der Waals surface area contributed by atoms with Crippen LogP contribution in [0.4, 0.5) is 101 Å². The van der Waals surface area contributed by atoms with Crippen LogP contribution in [0.3, 0.4) is 0 Å². The number of rotatable bonds is 16. The lowest BCUT2D eigenvalue weighted by atomic mass is 10.1. The van der Waals surface area contributed by atoms with Gasteiger partial charge in [-0.25, -0.2) is 79.0 Å². The van der Waals surface area contributed by atoms with E-state index in [2.05, 4.69) is 0 Å². The molecule has 28 heteroatoms. The Hall–Kier alpha value is -11.6. The molecule has 0 radical (unpaired) electrons. The second kappa shape index (κ2) is 40.5. The number of halogens is 23. The highest BCUT2D eigenvalue weighted by Crippen LogP contribution is 2.46. The van der Waals surface area contributed by atoms with Gasteiger partial charge in [0.25, 0.3) is 0 Å². The van der Waals surface area contributed by atoms with Crippen LogP contribution in [0.2, 0.25) is 0 Å². The number of hydrogen-bond acceptors (Lipinski definition) is 0. The smallest absolute Gasteiger partial charge is 0.207 e. The Labute approximate surface area is 686 Å². The van der Waals surface area contributed by atoms with Gasteiger partial charge in [0.2, 0.25) is 29.4 Å². The van der Waals surface area contributed by atoms with E-state index in [1.807, 2.05) is 121 Å². The number of hydrogen-bond donors (Lipinski definition) is 0. The quantitative estimate of drug-likeness (QED) is 0.0668. The third-order valence-corrected chi connectivity index (χ3v) is 27.8. The Kier molecular flexibility index (Phi) is 30.1. The lowest BCUT2D eigenvalue weighted by Crippen LogP contribution is -2.33. The van der Waals surface area contributed by atoms with Crippen LogP contribution in [0, 0.1) is 105 Å². The first-order chi connectivity index (χ1) is 57.3. The molecule has 0 aliphatic rings. The van der Waals surface area contributed by atoms with Gasteiger partial charge >= 0.3 is 12.1 Å². The zero-order valence-electron chi connectivity index (χ0n) is 61.1. The van der Waals surface area contributed by atoms with Crippen molar-refractivity contribution in [3.8, 4) is 0 Å². The van der Waals surface area contributed by atoms with E-state index < -0.39 is 177 Å². The third-order valence-electron chi connectivity index (χ3n) is 16.6. The maximum absolute atomic E-state index is 14.3. The van der Waals surface area contributed by atoms with Gasteiger partial charge < -0.3 is 0 Å². The summed E-state index contributed by atoms with van der Waals surface area (Å²) in [6, 6.07) is 76.6. The monoisotopic (exact) mass is 1760 g/mol. The van der Waals surface area contributed by atoms with Crippen molar-refractivity contribution in [2.75, 3.05) is 0 Å². The molecule has 0 saturated carbocycles. The molecule has 120 heavy (non-hydrogen) atoms. The molecule has 0 fully saturated rings. The summed E-state index contributed by atoms with van der Waals surface area (Å²) in [6.07, 6.45) is -5.64. The lowest BCUT2D eigenvalue weighted by Gasteiger charge is -2.20. The minimum absolute atomic E-state index is 0.00694. The molecule has 15 aromatic rings. The second-order valence-electron chi connectivity index (χ2n) is 25.0. The number of alkyl halides is 5. The maximum Gasteiger partial charge on any atom is 0.458 e. The van der Waals surface area contributed by atoms with Gasteiger partial charge in [-0.1, -0.05) is 103 Å². The van der Waals surface area contributed by atoms with Gasteiger partial charge in [0.05, 0.1) is 21.8 Å². The Morgan fingerprint density at radius 3 is 0.600 bits per heavy atom. The molecule has 0 atom stereocenters. The molecule has 610 valence electrons. The lowest BCUT2D eigenvalue weighted by molar-refractivity contribution is -0.289. The Morgan fingerprint density at radius 2 is 0.358 bits per heavy atom. The Bertz CT molecular complexity index is 5560. The third kappa shape index (κ3) is 22.9. The van der Waals surface area contributed by atoms with Crippen LogP contribution in [0.25, 0.3) is 0 Å². The van der Waals surface area contributed by atoms with Crippen LogP contribution < -0.4 is 0 Å². The zero-order chi connectivity index (χ0) is 86.1. The van der Waals surface area contributed by atoms with E-state index in [0.717, 1.165) is 135 Å². The molecule has 0 aliphatic heterocycles. The Balaban J connectivity index is 0.000000147. The highest BCUT2D eigenvalue weighted by molar-refractivity contribution is 7.98. The summed E-state index contributed by atoms with van der Waals surface area (Å²) >= 11 is 0.